The summed E-state index contributed by atoms with van der Waals surface area (Å²) in [6, 6.07) is 5.98. The van der Waals surface area contributed by atoms with E-state index in [1.165, 1.54) is 0 Å². The molecule has 0 saturated heterocycles. The predicted molar refractivity (Wildman–Crippen MR) is 53.2 cm³/mol. The fourth-order valence-corrected chi connectivity index (χ4v) is 0.799. The largest absolute Gasteiger partial charge is 0.319 e. The molecule has 1 aromatic heterocycles. The normalized spacial score (nSPS) is 8.58. The van der Waals surface area contributed by atoms with Gasteiger partial charge >= 0.3 is 0 Å². The van der Waals surface area contributed by atoms with Crippen LogP contribution in [0, 0.1) is 0 Å². The first-order valence-corrected chi connectivity index (χ1v) is 4.48. The third kappa shape index (κ3) is 4.85. The Bertz CT molecular complexity index is 172. The van der Waals surface area contributed by atoms with Gasteiger partial charge in [-0.15, -0.1) is 0 Å². The van der Waals surface area contributed by atoms with E-state index in [4.69, 9.17) is 0 Å². The topological polar surface area (TPSA) is 24.9 Å². The lowest BCUT2D eigenvalue weighted by molar-refractivity contribution is 0.776. The van der Waals surface area contributed by atoms with E-state index in [1.807, 2.05) is 45.3 Å². The van der Waals surface area contributed by atoms with E-state index in [2.05, 4.69) is 10.3 Å². The molecule has 1 aromatic rings. The van der Waals surface area contributed by atoms with Crippen LogP contribution in [0.3, 0.4) is 0 Å². The Morgan fingerprint density at radius 3 is 2.58 bits per heavy atom. The molecule has 0 saturated carbocycles. The van der Waals surface area contributed by atoms with Crippen LogP contribution in [0.25, 0.3) is 0 Å². The third-order valence-corrected chi connectivity index (χ3v) is 1.36. The zero-order valence-corrected chi connectivity index (χ0v) is 8.17. The maximum absolute atomic E-state index is 4.18. The molecule has 12 heavy (non-hydrogen) atoms. The molecule has 0 bridgehead atoms. The van der Waals surface area contributed by atoms with Gasteiger partial charge in [-0.1, -0.05) is 19.9 Å². The van der Waals surface area contributed by atoms with Gasteiger partial charge in [0.25, 0.3) is 0 Å². The van der Waals surface area contributed by atoms with E-state index < -0.39 is 0 Å². The molecule has 2 nitrogen and oxygen atoms in total. The maximum Gasteiger partial charge on any atom is 0.0416 e. The van der Waals surface area contributed by atoms with Crippen LogP contribution in [-0.2, 0) is 6.42 Å². The first-order valence-electron chi connectivity index (χ1n) is 4.48. The van der Waals surface area contributed by atoms with Gasteiger partial charge in [-0.05, 0) is 19.2 Å². The second-order valence-electron chi connectivity index (χ2n) is 2.17. The lowest BCUT2D eigenvalue weighted by Gasteiger charge is -1.96. The van der Waals surface area contributed by atoms with E-state index >= 15 is 0 Å². The molecule has 2 heteroatoms. The summed E-state index contributed by atoms with van der Waals surface area (Å²) >= 11 is 0. The molecule has 0 aliphatic rings. The highest BCUT2D eigenvalue weighted by Gasteiger charge is 1.88. The van der Waals surface area contributed by atoms with E-state index in [0.717, 1.165) is 18.7 Å². The van der Waals surface area contributed by atoms with Gasteiger partial charge < -0.3 is 5.32 Å². The van der Waals surface area contributed by atoms with Crippen LogP contribution < -0.4 is 5.32 Å². The second-order valence-corrected chi connectivity index (χ2v) is 2.17. The molecular formula is C10H18N2. The van der Waals surface area contributed by atoms with Crippen molar-refractivity contribution in [3.8, 4) is 0 Å². The van der Waals surface area contributed by atoms with E-state index in [0.29, 0.717) is 0 Å². The summed E-state index contributed by atoms with van der Waals surface area (Å²) < 4.78 is 0. The van der Waals surface area contributed by atoms with Crippen molar-refractivity contribution < 1.29 is 0 Å². The van der Waals surface area contributed by atoms with Crippen molar-refractivity contribution >= 4 is 0 Å². The number of rotatable bonds is 3. The minimum absolute atomic E-state index is 0.997. The molecule has 0 fully saturated rings. The van der Waals surface area contributed by atoms with Crippen molar-refractivity contribution in [2.75, 3.05) is 13.6 Å². The van der Waals surface area contributed by atoms with Crippen molar-refractivity contribution in [1.29, 1.82) is 0 Å². The molecule has 0 aliphatic carbocycles. The van der Waals surface area contributed by atoms with E-state index in [9.17, 15) is 0 Å². The van der Waals surface area contributed by atoms with Gasteiger partial charge in [-0.2, -0.15) is 0 Å². The Morgan fingerprint density at radius 1 is 1.33 bits per heavy atom. The number of hydrogen-bond acceptors (Lipinski definition) is 2. The lowest BCUT2D eigenvalue weighted by Crippen LogP contribution is -2.10. The minimum Gasteiger partial charge on any atom is -0.319 e. The third-order valence-electron chi connectivity index (χ3n) is 1.36. The minimum atomic E-state index is 0.997. The maximum atomic E-state index is 4.18. The molecule has 0 spiro atoms. The molecule has 0 unspecified atom stereocenters. The van der Waals surface area contributed by atoms with Gasteiger partial charge in [-0.3, -0.25) is 4.98 Å². The zero-order chi connectivity index (χ0) is 9.23. The smallest absolute Gasteiger partial charge is 0.0416 e. The Balaban J connectivity index is 0.000000561. The van der Waals surface area contributed by atoms with Crippen molar-refractivity contribution in [3.63, 3.8) is 0 Å². The summed E-state index contributed by atoms with van der Waals surface area (Å²) in [5, 5.41) is 3.08. The predicted octanol–water partition coefficient (Wildman–Crippen LogP) is 1.87. The zero-order valence-electron chi connectivity index (χ0n) is 8.17. The number of aromatic nitrogens is 1. The van der Waals surface area contributed by atoms with E-state index in [-0.39, 0.29) is 0 Å². The van der Waals surface area contributed by atoms with Crippen molar-refractivity contribution in [1.82, 2.24) is 10.3 Å². The number of pyridine rings is 1. The van der Waals surface area contributed by atoms with Crippen molar-refractivity contribution in [3.05, 3.63) is 30.1 Å². The summed E-state index contributed by atoms with van der Waals surface area (Å²) in [5.41, 5.74) is 1.15. The lowest BCUT2D eigenvalue weighted by atomic mass is 10.3. The average Bonchev–Trinajstić information content (AvgIpc) is 2.19. The van der Waals surface area contributed by atoms with Gasteiger partial charge in [-0.25, -0.2) is 0 Å². The van der Waals surface area contributed by atoms with Crippen LogP contribution in [0.2, 0.25) is 0 Å². The van der Waals surface area contributed by atoms with Gasteiger partial charge in [0.05, 0.1) is 0 Å². The van der Waals surface area contributed by atoms with Crippen molar-refractivity contribution in [2.45, 2.75) is 20.3 Å². The molecule has 0 amide bonds. The van der Waals surface area contributed by atoms with Gasteiger partial charge in [0.2, 0.25) is 0 Å². The fraction of sp³-hybridized carbons (Fsp3) is 0.500. The van der Waals surface area contributed by atoms with Gasteiger partial charge in [0.15, 0.2) is 0 Å². The van der Waals surface area contributed by atoms with Gasteiger partial charge in [0, 0.05) is 24.9 Å². The molecule has 68 valence electrons. The Kier molecular flexibility index (Phi) is 7.60. The molecule has 0 atom stereocenters. The Morgan fingerprint density at radius 2 is 2.08 bits per heavy atom. The fourth-order valence-electron chi connectivity index (χ4n) is 0.799. The van der Waals surface area contributed by atoms with Crippen molar-refractivity contribution in [2.24, 2.45) is 0 Å². The van der Waals surface area contributed by atoms with E-state index in [1.54, 1.807) is 0 Å². The highest BCUT2D eigenvalue weighted by atomic mass is 14.8. The molecule has 1 heterocycles. The molecule has 1 rings (SSSR count). The Hall–Kier alpha value is -0.890. The van der Waals surface area contributed by atoms with Crippen LogP contribution >= 0.6 is 0 Å². The number of likely N-dealkylation sites (N-methyl/N-ethyl adjacent to an activating group) is 1. The highest BCUT2D eigenvalue weighted by Crippen LogP contribution is 1.92. The quantitative estimate of drug-likeness (QED) is 0.741. The summed E-state index contributed by atoms with van der Waals surface area (Å²) in [4.78, 5) is 4.18. The molecule has 0 radical (unpaired) electrons. The van der Waals surface area contributed by atoms with Crippen LogP contribution in [0.15, 0.2) is 24.4 Å². The highest BCUT2D eigenvalue weighted by molar-refractivity contribution is 5.03. The average molecular weight is 166 g/mol. The molecule has 1 N–H and O–H groups in total. The number of nitrogens with zero attached hydrogens (tertiary/aromatic N) is 1. The SMILES string of the molecule is CC.CNCCc1ccccn1. The summed E-state index contributed by atoms with van der Waals surface area (Å²) in [6.45, 7) is 5.00. The van der Waals surface area contributed by atoms with Crippen LogP contribution in [0.5, 0.6) is 0 Å². The van der Waals surface area contributed by atoms with Crippen LogP contribution in [0.4, 0.5) is 0 Å². The molecule has 0 aliphatic heterocycles. The summed E-state index contributed by atoms with van der Waals surface area (Å²) in [7, 11) is 1.95. The molecular weight excluding hydrogens is 148 g/mol. The molecule has 0 aromatic carbocycles. The van der Waals surface area contributed by atoms with Crippen LogP contribution in [0.1, 0.15) is 19.5 Å². The first kappa shape index (κ1) is 11.1. The van der Waals surface area contributed by atoms with Crippen LogP contribution in [-0.4, -0.2) is 18.6 Å². The van der Waals surface area contributed by atoms with Gasteiger partial charge in [0.1, 0.15) is 0 Å². The first-order chi connectivity index (χ1) is 5.93. The standard InChI is InChI=1S/C8H12N2.C2H6/c1-9-7-5-8-4-2-3-6-10-8;1-2/h2-4,6,9H,5,7H2,1H3;1-2H3. The second kappa shape index (κ2) is 8.21. The number of hydrogen-bond donors (Lipinski definition) is 1. The number of nitrogens with one attached hydrogen (secondary N) is 1. The Labute approximate surface area is 75.0 Å². The monoisotopic (exact) mass is 166 g/mol. The summed E-state index contributed by atoms with van der Waals surface area (Å²) in [5.74, 6) is 0. The summed E-state index contributed by atoms with van der Waals surface area (Å²) in [6.07, 6.45) is 2.84.